The Bertz CT molecular complexity index is 620. The molecule has 2 fully saturated rings. The maximum Gasteiger partial charge on any atom is 0.321 e. The second-order valence-electron chi connectivity index (χ2n) is 6.50. The van der Waals surface area contributed by atoms with Crippen LogP contribution in [0.5, 0.6) is 0 Å². The van der Waals surface area contributed by atoms with Crippen LogP contribution in [0.3, 0.4) is 0 Å². The lowest BCUT2D eigenvalue weighted by atomic mass is 9.92. The summed E-state index contributed by atoms with van der Waals surface area (Å²) in [6.45, 7) is 0. The first-order chi connectivity index (χ1) is 10.2. The number of esters is 1. The Morgan fingerprint density at radius 2 is 2.05 bits per heavy atom. The third kappa shape index (κ3) is 1.81. The second-order valence-corrected chi connectivity index (χ2v) is 6.50. The van der Waals surface area contributed by atoms with Crippen molar-refractivity contribution in [3.8, 4) is 0 Å². The average Bonchev–Trinajstić information content (AvgIpc) is 3.41. The van der Waals surface area contributed by atoms with E-state index in [0.29, 0.717) is 24.7 Å². The summed E-state index contributed by atoms with van der Waals surface area (Å²) in [6.07, 6.45) is 3.44. The number of hydrogen-bond acceptors (Lipinski definition) is 3. The molecule has 0 aliphatic heterocycles. The predicted octanol–water partition coefficient (Wildman–Crippen LogP) is 1.78. The zero-order valence-electron chi connectivity index (χ0n) is 12.1. The number of nitrogens with one attached hydrogen (secondary N) is 1. The van der Waals surface area contributed by atoms with Crippen LogP contribution in [0.1, 0.15) is 36.3 Å². The first-order valence-corrected chi connectivity index (χ1v) is 7.64. The van der Waals surface area contributed by atoms with E-state index < -0.39 is 5.41 Å². The van der Waals surface area contributed by atoms with Crippen LogP contribution in [0.15, 0.2) is 24.3 Å². The minimum absolute atomic E-state index is 0.133. The van der Waals surface area contributed by atoms with Gasteiger partial charge >= 0.3 is 5.97 Å². The van der Waals surface area contributed by atoms with Crippen molar-refractivity contribution in [3.05, 3.63) is 35.4 Å². The molecule has 0 heterocycles. The molecule has 21 heavy (non-hydrogen) atoms. The Morgan fingerprint density at radius 3 is 2.76 bits per heavy atom. The van der Waals surface area contributed by atoms with E-state index in [1.54, 1.807) is 0 Å². The quantitative estimate of drug-likeness (QED) is 0.680. The van der Waals surface area contributed by atoms with Gasteiger partial charge in [-0.15, -0.1) is 0 Å². The van der Waals surface area contributed by atoms with Gasteiger partial charge in [-0.3, -0.25) is 9.59 Å². The van der Waals surface area contributed by atoms with Crippen molar-refractivity contribution in [1.29, 1.82) is 0 Å². The van der Waals surface area contributed by atoms with Crippen LogP contribution < -0.4 is 5.32 Å². The Balaban J connectivity index is 1.49. The monoisotopic (exact) mass is 285 g/mol. The fourth-order valence-electron chi connectivity index (χ4n) is 3.90. The van der Waals surface area contributed by atoms with Gasteiger partial charge in [-0.2, -0.15) is 0 Å². The molecule has 0 aromatic heterocycles. The molecule has 1 amide bonds. The summed E-state index contributed by atoms with van der Waals surface area (Å²) in [7, 11) is 1.35. The Morgan fingerprint density at radius 1 is 1.29 bits per heavy atom. The predicted molar refractivity (Wildman–Crippen MR) is 76.6 cm³/mol. The Hall–Kier alpha value is -1.84. The zero-order valence-corrected chi connectivity index (χ0v) is 12.1. The molecule has 4 nitrogen and oxygen atoms in total. The highest BCUT2D eigenvalue weighted by Crippen LogP contribution is 2.55. The van der Waals surface area contributed by atoms with Gasteiger partial charge in [0.1, 0.15) is 5.41 Å². The molecule has 1 aromatic carbocycles. The van der Waals surface area contributed by atoms with Crippen LogP contribution in [0.2, 0.25) is 0 Å². The number of hydrogen-bond donors (Lipinski definition) is 1. The summed E-state index contributed by atoms with van der Waals surface area (Å²) in [5.41, 5.74) is 1.89. The number of ether oxygens (including phenoxy) is 1. The van der Waals surface area contributed by atoms with Crippen molar-refractivity contribution in [2.75, 3.05) is 7.11 Å². The zero-order chi connectivity index (χ0) is 14.6. The topological polar surface area (TPSA) is 55.4 Å². The van der Waals surface area contributed by atoms with E-state index >= 15 is 0 Å². The fourth-order valence-corrected chi connectivity index (χ4v) is 3.90. The molecular formula is C17H19NO3. The summed E-state index contributed by atoms with van der Waals surface area (Å²) in [5, 5.41) is 3.12. The number of carbonyl (C=O) groups is 2. The number of methoxy groups -OCH3 is 1. The van der Waals surface area contributed by atoms with Gasteiger partial charge < -0.3 is 10.1 Å². The van der Waals surface area contributed by atoms with Crippen LogP contribution in [0, 0.1) is 11.3 Å². The molecule has 0 unspecified atom stereocenters. The van der Waals surface area contributed by atoms with Crippen molar-refractivity contribution in [2.24, 2.45) is 11.3 Å². The SMILES string of the molecule is COC(=O)C1(C(=O)N[C@@H]2[C@@H]3CCc4ccccc4[C@@H]32)CC1. The lowest BCUT2D eigenvalue weighted by Gasteiger charge is -2.13. The summed E-state index contributed by atoms with van der Waals surface area (Å²) in [5.74, 6) is 0.458. The number of rotatable bonds is 3. The van der Waals surface area contributed by atoms with E-state index in [0.717, 1.165) is 12.8 Å². The van der Waals surface area contributed by atoms with Crippen molar-refractivity contribution >= 4 is 11.9 Å². The highest BCUT2D eigenvalue weighted by atomic mass is 16.5. The molecule has 3 aliphatic carbocycles. The maximum absolute atomic E-state index is 12.4. The summed E-state index contributed by atoms with van der Waals surface area (Å²) >= 11 is 0. The van der Waals surface area contributed by atoms with Crippen LogP contribution in [0.25, 0.3) is 0 Å². The number of amides is 1. The second kappa shape index (κ2) is 4.33. The molecule has 1 N–H and O–H groups in total. The number of fused-ring (bicyclic) bond motifs is 3. The van der Waals surface area contributed by atoms with Crippen molar-refractivity contribution in [2.45, 2.75) is 37.6 Å². The van der Waals surface area contributed by atoms with E-state index in [4.69, 9.17) is 4.74 Å². The van der Waals surface area contributed by atoms with Crippen LogP contribution in [0.4, 0.5) is 0 Å². The first-order valence-electron chi connectivity index (χ1n) is 7.64. The molecule has 0 saturated heterocycles. The smallest absolute Gasteiger partial charge is 0.321 e. The van der Waals surface area contributed by atoms with E-state index in [9.17, 15) is 9.59 Å². The molecule has 3 atom stereocenters. The molecule has 0 spiro atoms. The molecule has 3 aliphatic rings. The van der Waals surface area contributed by atoms with Gasteiger partial charge in [-0.05, 0) is 42.7 Å². The molecule has 2 saturated carbocycles. The lowest BCUT2D eigenvalue weighted by molar-refractivity contribution is -0.152. The standard InChI is InChI=1S/C17H19NO3/c1-21-16(20)17(8-9-17)15(19)18-14-12-7-6-10-4-2-3-5-11(10)13(12)14/h2-5,12-14H,6-9H2,1H3,(H,18,19)/t12-,13+,14-/m1/s1. The van der Waals surface area contributed by atoms with Crippen LogP contribution in [-0.2, 0) is 20.7 Å². The highest BCUT2D eigenvalue weighted by molar-refractivity contribution is 6.05. The van der Waals surface area contributed by atoms with E-state index in [1.807, 2.05) is 0 Å². The number of carbonyl (C=O) groups excluding carboxylic acids is 2. The summed E-state index contributed by atoms with van der Waals surface area (Å²) in [6, 6.07) is 8.69. The minimum atomic E-state index is -0.889. The van der Waals surface area contributed by atoms with Crippen LogP contribution in [-0.4, -0.2) is 25.0 Å². The lowest BCUT2D eigenvalue weighted by Crippen LogP contribution is -2.39. The van der Waals surface area contributed by atoms with Gasteiger partial charge in [-0.25, -0.2) is 0 Å². The number of benzene rings is 1. The van der Waals surface area contributed by atoms with Gasteiger partial charge in [0.15, 0.2) is 0 Å². The molecule has 4 rings (SSSR count). The minimum Gasteiger partial charge on any atom is -0.468 e. The van der Waals surface area contributed by atoms with Gasteiger partial charge in [0.25, 0.3) is 0 Å². The van der Waals surface area contributed by atoms with Gasteiger partial charge in [0.2, 0.25) is 5.91 Å². The molecule has 1 aromatic rings. The molecule has 4 heteroatoms. The molecule has 0 radical (unpaired) electrons. The summed E-state index contributed by atoms with van der Waals surface area (Å²) in [4.78, 5) is 24.2. The third-order valence-electron chi connectivity index (χ3n) is 5.39. The maximum atomic E-state index is 12.4. The first kappa shape index (κ1) is 12.9. The third-order valence-corrected chi connectivity index (χ3v) is 5.39. The molecule has 0 bridgehead atoms. The normalized spacial score (nSPS) is 30.6. The Labute approximate surface area is 123 Å². The van der Waals surface area contributed by atoms with Crippen LogP contribution >= 0.6 is 0 Å². The average molecular weight is 285 g/mol. The van der Waals surface area contributed by atoms with Gasteiger partial charge in [0, 0.05) is 12.0 Å². The van der Waals surface area contributed by atoms with E-state index in [-0.39, 0.29) is 17.9 Å². The highest BCUT2D eigenvalue weighted by Gasteiger charge is 2.61. The Kier molecular flexibility index (Phi) is 2.65. The molecular weight excluding hydrogens is 266 g/mol. The van der Waals surface area contributed by atoms with Crippen molar-refractivity contribution in [3.63, 3.8) is 0 Å². The van der Waals surface area contributed by atoms with Crippen molar-refractivity contribution in [1.82, 2.24) is 5.32 Å². The number of aryl methyl sites for hydroxylation is 1. The van der Waals surface area contributed by atoms with E-state index in [2.05, 4.69) is 29.6 Å². The fraction of sp³-hybridized carbons (Fsp3) is 0.529. The summed E-state index contributed by atoms with van der Waals surface area (Å²) < 4.78 is 4.78. The largest absolute Gasteiger partial charge is 0.468 e. The molecule has 110 valence electrons. The van der Waals surface area contributed by atoms with E-state index in [1.165, 1.54) is 18.2 Å². The van der Waals surface area contributed by atoms with Gasteiger partial charge in [-0.1, -0.05) is 24.3 Å². The van der Waals surface area contributed by atoms with Gasteiger partial charge in [0.05, 0.1) is 7.11 Å². The van der Waals surface area contributed by atoms with Crippen molar-refractivity contribution < 1.29 is 14.3 Å².